The second kappa shape index (κ2) is 7.74. The minimum atomic E-state index is -3.27. The van der Waals surface area contributed by atoms with Gasteiger partial charge in [0.25, 0.3) is 0 Å². The van der Waals surface area contributed by atoms with Gasteiger partial charge in [0.15, 0.2) is 9.84 Å². The van der Waals surface area contributed by atoms with Gasteiger partial charge in [-0.15, -0.1) is 0 Å². The predicted molar refractivity (Wildman–Crippen MR) is 102 cm³/mol. The number of carbonyl (C=O) groups is 1. The first kappa shape index (κ1) is 18.2. The van der Waals surface area contributed by atoms with E-state index in [0.29, 0.717) is 18.0 Å². The van der Waals surface area contributed by atoms with Gasteiger partial charge < -0.3 is 9.64 Å². The van der Waals surface area contributed by atoms with Crippen LogP contribution in [0.4, 0.5) is 5.69 Å². The molecule has 0 bridgehead atoms. The molecular weight excluding hydrogens is 350 g/mol. The summed E-state index contributed by atoms with van der Waals surface area (Å²) in [5.41, 5.74) is 1.54. The van der Waals surface area contributed by atoms with Crippen LogP contribution in [0.15, 0.2) is 66.1 Å². The van der Waals surface area contributed by atoms with Gasteiger partial charge in [-0.2, -0.15) is 0 Å². The number of carbonyl (C=O) groups excluding carboxylic acids is 1. The summed E-state index contributed by atoms with van der Waals surface area (Å²) in [4.78, 5) is 14.5. The Hall–Kier alpha value is -2.60. The van der Waals surface area contributed by atoms with E-state index in [1.54, 1.807) is 35.2 Å². The van der Waals surface area contributed by atoms with Crippen LogP contribution in [-0.2, 0) is 21.1 Å². The number of ether oxygens (including phenoxy) is 1. The van der Waals surface area contributed by atoms with Crippen LogP contribution in [-0.4, -0.2) is 32.7 Å². The van der Waals surface area contributed by atoms with Gasteiger partial charge in [0, 0.05) is 11.1 Å². The molecule has 1 amide bonds. The Morgan fingerprint density at radius 3 is 2.38 bits per heavy atom. The minimum Gasteiger partial charge on any atom is -0.494 e. The molecule has 1 aliphatic heterocycles. The van der Waals surface area contributed by atoms with E-state index in [0.717, 1.165) is 5.56 Å². The zero-order valence-corrected chi connectivity index (χ0v) is 15.4. The largest absolute Gasteiger partial charge is 0.494 e. The van der Waals surface area contributed by atoms with Crippen LogP contribution in [0.3, 0.4) is 0 Å². The van der Waals surface area contributed by atoms with Crippen molar-refractivity contribution in [3.63, 3.8) is 0 Å². The fourth-order valence-corrected chi connectivity index (χ4v) is 4.23. The van der Waals surface area contributed by atoms with Crippen molar-refractivity contribution in [1.29, 1.82) is 0 Å². The van der Waals surface area contributed by atoms with Gasteiger partial charge in [-0.1, -0.05) is 30.3 Å². The number of hydrogen-bond acceptors (Lipinski definition) is 4. The van der Waals surface area contributed by atoms with Crippen LogP contribution in [0, 0.1) is 0 Å². The molecule has 2 aromatic carbocycles. The van der Waals surface area contributed by atoms with Crippen molar-refractivity contribution in [2.45, 2.75) is 19.4 Å². The van der Waals surface area contributed by atoms with E-state index in [1.807, 2.05) is 37.3 Å². The molecule has 5 nitrogen and oxygen atoms in total. The summed E-state index contributed by atoms with van der Waals surface area (Å²) in [6.45, 7) is 2.46. The number of amides is 1. The van der Waals surface area contributed by atoms with E-state index in [9.17, 15) is 13.2 Å². The summed E-state index contributed by atoms with van der Waals surface area (Å²) < 4.78 is 29.1. The zero-order chi connectivity index (χ0) is 18.6. The van der Waals surface area contributed by atoms with Gasteiger partial charge >= 0.3 is 0 Å². The molecule has 136 valence electrons. The third kappa shape index (κ3) is 4.32. The monoisotopic (exact) mass is 371 g/mol. The Morgan fingerprint density at radius 1 is 1.12 bits per heavy atom. The SMILES string of the molecule is CCOc1ccc(N(C(=O)Cc2ccccc2)C2C=CS(=O)(=O)C2)cc1. The Balaban J connectivity index is 1.89. The molecule has 1 heterocycles. The molecule has 0 aromatic heterocycles. The highest BCUT2D eigenvalue weighted by molar-refractivity contribution is 7.94. The van der Waals surface area contributed by atoms with E-state index in [2.05, 4.69) is 0 Å². The number of hydrogen-bond donors (Lipinski definition) is 0. The number of sulfone groups is 1. The van der Waals surface area contributed by atoms with Crippen LogP contribution >= 0.6 is 0 Å². The van der Waals surface area contributed by atoms with Gasteiger partial charge in [0.2, 0.25) is 5.91 Å². The lowest BCUT2D eigenvalue weighted by molar-refractivity contribution is -0.118. The highest BCUT2D eigenvalue weighted by Gasteiger charge is 2.31. The molecular formula is C20H21NO4S. The maximum Gasteiger partial charge on any atom is 0.231 e. The molecule has 0 N–H and O–H groups in total. The average molecular weight is 371 g/mol. The first-order valence-corrected chi connectivity index (χ1v) is 10.2. The Bertz CT molecular complexity index is 889. The molecule has 1 unspecified atom stereocenters. The molecule has 0 saturated carbocycles. The normalized spacial score (nSPS) is 17.8. The summed E-state index contributed by atoms with van der Waals surface area (Å²) >= 11 is 0. The molecule has 1 atom stereocenters. The van der Waals surface area contributed by atoms with Crippen LogP contribution in [0.1, 0.15) is 12.5 Å². The van der Waals surface area contributed by atoms with Crippen molar-refractivity contribution in [3.05, 3.63) is 71.6 Å². The van der Waals surface area contributed by atoms with Crippen LogP contribution in [0.5, 0.6) is 5.75 Å². The smallest absolute Gasteiger partial charge is 0.231 e. The fraction of sp³-hybridized carbons (Fsp3) is 0.250. The molecule has 6 heteroatoms. The van der Waals surface area contributed by atoms with Crippen molar-refractivity contribution < 1.29 is 17.9 Å². The van der Waals surface area contributed by atoms with Crippen molar-refractivity contribution in [1.82, 2.24) is 0 Å². The van der Waals surface area contributed by atoms with Crippen molar-refractivity contribution in [2.24, 2.45) is 0 Å². The van der Waals surface area contributed by atoms with Crippen molar-refractivity contribution in [2.75, 3.05) is 17.3 Å². The molecule has 0 spiro atoms. The van der Waals surface area contributed by atoms with E-state index in [4.69, 9.17) is 4.74 Å². The highest BCUT2D eigenvalue weighted by atomic mass is 32.2. The lowest BCUT2D eigenvalue weighted by Crippen LogP contribution is -2.42. The summed E-state index contributed by atoms with van der Waals surface area (Å²) in [5.74, 6) is 0.467. The number of rotatable bonds is 6. The maximum atomic E-state index is 13.0. The number of nitrogens with zero attached hydrogens (tertiary/aromatic N) is 1. The van der Waals surface area contributed by atoms with Crippen LogP contribution < -0.4 is 9.64 Å². The molecule has 0 fully saturated rings. The Morgan fingerprint density at radius 2 is 1.81 bits per heavy atom. The van der Waals surface area contributed by atoms with Gasteiger partial charge in [-0.25, -0.2) is 8.42 Å². The van der Waals surface area contributed by atoms with Crippen LogP contribution in [0.2, 0.25) is 0 Å². The molecule has 0 aliphatic carbocycles. The molecule has 3 rings (SSSR count). The van der Waals surface area contributed by atoms with E-state index in [1.165, 1.54) is 5.41 Å². The second-order valence-electron chi connectivity index (χ2n) is 6.08. The molecule has 26 heavy (non-hydrogen) atoms. The van der Waals surface area contributed by atoms with Gasteiger partial charge in [0.05, 0.1) is 24.8 Å². The van der Waals surface area contributed by atoms with Gasteiger partial charge in [-0.05, 0) is 42.8 Å². The lowest BCUT2D eigenvalue weighted by Gasteiger charge is -2.28. The summed E-state index contributed by atoms with van der Waals surface area (Å²) in [7, 11) is -3.27. The molecule has 1 aliphatic rings. The summed E-state index contributed by atoms with van der Waals surface area (Å²) in [6.07, 6.45) is 1.78. The standard InChI is InChI=1S/C20H21NO4S/c1-2-25-19-10-8-17(9-11-19)21(18-12-13-26(23,24)15-18)20(22)14-16-6-4-3-5-7-16/h3-13,18H,2,14-15H2,1H3. The van der Waals surface area contributed by atoms with E-state index in [-0.39, 0.29) is 18.1 Å². The van der Waals surface area contributed by atoms with Crippen molar-refractivity contribution in [3.8, 4) is 5.75 Å². The molecule has 0 saturated heterocycles. The number of benzene rings is 2. The van der Waals surface area contributed by atoms with E-state index >= 15 is 0 Å². The van der Waals surface area contributed by atoms with E-state index < -0.39 is 15.9 Å². The quantitative estimate of drug-likeness (QED) is 0.783. The summed E-state index contributed by atoms with van der Waals surface area (Å²) in [6, 6.07) is 16.1. The minimum absolute atomic E-state index is 0.0965. The predicted octanol–water partition coefficient (Wildman–Crippen LogP) is 2.97. The maximum absolute atomic E-state index is 13.0. The first-order chi connectivity index (χ1) is 12.5. The third-order valence-electron chi connectivity index (χ3n) is 4.14. The fourth-order valence-electron chi connectivity index (χ4n) is 2.97. The first-order valence-electron chi connectivity index (χ1n) is 8.48. The lowest BCUT2D eigenvalue weighted by atomic mass is 10.1. The van der Waals surface area contributed by atoms with Gasteiger partial charge in [-0.3, -0.25) is 4.79 Å². The van der Waals surface area contributed by atoms with Crippen LogP contribution in [0.25, 0.3) is 0 Å². The zero-order valence-electron chi connectivity index (χ0n) is 14.5. The Kier molecular flexibility index (Phi) is 5.42. The van der Waals surface area contributed by atoms with Gasteiger partial charge in [0.1, 0.15) is 5.75 Å². The average Bonchev–Trinajstić information content (AvgIpc) is 2.97. The molecule has 2 aromatic rings. The van der Waals surface area contributed by atoms with Crippen molar-refractivity contribution >= 4 is 21.4 Å². The Labute approximate surface area is 153 Å². The highest BCUT2D eigenvalue weighted by Crippen LogP contribution is 2.26. The second-order valence-corrected chi connectivity index (χ2v) is 8.01. The topological polar surface area (TPSA) is 63.7 Å². The summed E-state index contributed by atoms with van der Waals surface area (Å²) in [5, 5.41) is 1.19. The third-order valence-corrected chi connectivity index (χ3v) is 5.51. The number of anilines is 1. The molecule has 0 radical (unpaired) electrons.